The van der Waals surface area contributed by atoms with Crippen molar-refractivity contribution in [3.8, 4) is 11.3 Å². The first-order valence-electron chi connectivity index (χ1n) is 4.42. The normalized spacial score (nSPS) is 10.5. The Labute approximate surface area is 104 Å². The molecule has 0 radical (unpaired) electrons. The molecular weight excluding hydrogens is 324 g/mol. The minimum atomic E-state index is 0.819. The molecule has 2 aromatic heterocycles. The van der Waals surface area contributed by atoms with Crippen LogP contribution in [-0.4, -0.2) is 15.5 Å². The van der Waals surface area contributed by atoms with Crippen LogP contribution in [0.25, 0.3) is 11.3 Å². The van der Waals surface area contributed by atoms with E-state index >= 15 is 0 Å². The van der Waals surface area contributed by atoms with E-state index in [0.717, 1.165) is 33.2 Å². The van der Waals surface area contributed by atoms with Crippen LogP contribution in [0.4, 0.5) is 0 Å². The van der Waals surface area contributed by atoms with Crippen molar-refractivity contribution in [2.75, 3.05) is 5.33 Å². The van der Waals surface area contributed by atoms with Crippen molar-refractivity contribution >= 4 is 31.9 Å². The number of hydrogen-bond donors (Lipinski definition) is 0. The molecule has 0 unspecified atom stereocenters. The van der Waals surface area contributed by atoms with Gasteiger partial charge >= 0.3 is 0 Å². The number of aromatic nitrogens is 2. The van der Waals surface area contributed by atoms with Crippen molar-refractivity contribution in [2.24, 2.45) is 0 Å². The largest absolute Gasteiger partial charge is 0.361 e. The maximum absolute atomic E-state index is 5.18. The van der Waals surface area contributed by atoms with E-state index < -0.39 is 0 Å². The molecule has 0 aliphatic rings. The Morgan fingerprint density at radius 3 is 2.87 bits per heavy atom. The molecule has 78 valence electrons. The lowest BCUT2D eigenvalue weighted by molar-refractivity contribution is 0.390. The van der Waals surface area contributed by atoms with E-state index in [4.69, 9.17) is 4.52 Å². The van der Waals surface area contributed by atoms with E-state index in [9.17, 15) is 0 Å². The van der Waals surface area contributed by atoms with E-state index in [1.807, 2.05) is 12.1 Å². The molecule has 0 spiro atoms. The average molecular weight is 332 g/mol. The zero-order valence-corrected chi connectivity index (χ0v) is 11.0. The highest BCUT2D eigenvalue weighted by molar-refractivity contribution is 9.10. The number of aryl methyl sites for hydroxylation is 1. The van der Waals surface area contributed by atoms with E-state index in [-0.39, 0.29) is 0 Å². The maximum Gasteiger partial charge on any atom is 0.138 e. The first-order chi connectivity index (χ1) is 7.29. The number of nitrogens with zero attached hydrogens (tertiary/aromatic N) is 2. The fraction of sp³-hybridized carbons (Fsp3) is 0.200. The maximum atomic E-state index is 5.18. The predicted octanol–water partition coefficient (Wildman–Crippen LogP) is 3.44. The number of halogens is 2. The Hall–Kier alpha value is -0.680. The van der Waals surface area contributed by atoms with Crippen LogP contribution < -0.4 is 0 Å². The molecule has 2 heterocycles. The molecule has 0 atom stereocenters. The molecule has 0 aliphatic heterocycles. The number of alkyl halides is 1. The molecule has 5 heteroatoms. The van der Waals surface area contributed by atoms with Crippen LogP contribution in [0.15, 0.2) is 33.5 Å². The number of pyridine rings is 1. The van der Waals surface area contributed by atoms with Gasteiger partial charge in [-0.1, -0.05) is 21.1 Å². The van der Waals surface area contributed by atoms with Gasteiger partial charge < -0.3 is 4.52 Å². The molecule has 3 nitrogen and oxygen atoms in total. The first kappa shape index (κ1) is 10.8. The summed E-state index contributed by atoms with van der Waals surface area (Å²) in [5.74, 6) is 0.877. The van der Waals surface area contributed by atoms with Gasteiger partial charge in [-0.2, -0.15) is 0 Å². The zero-order chi connectivity index (χ0) is 10.7. The Morgan fingerprint density at radius 2 is 2.13 bits per heavy atom. The van der Waals surface area contributed by atoms with Crippen LogP contribution in [0.1, 0.15) is 5.76 Å². The SMILES string of the molecule is BrCCc1cc(-c2cncc(Br)c2)no1. The topological polar surface area (TPSA) is 38.9 Å². The molecule has 0 fully saturated rings. The second-order valence-corrected chi connectivity index (χ2v) is 4.72. The van der Waals surface area contributed by atoms with E-state index in [1.54, 1.807) is 12.4 Å². The van der Waals surface area contributed by atoms with Gasteiger partial charge in [-0.15, -0.1) is 0 Å². The molecule has 15 heavy (non-hydrogen) atoms. The fourth-order valence-electron chi connectivity index (χ4n) is 1.21. The summed E-state index contributed by atoms with van der Waals surface area (Å²) in [6, 6.07) is 3.90. The Balaban J connectivity index is 2.29. The zero-order valence-electron chi connectivity index (χ0n) is 7.78. The summed E-state index contributed by atoms with van der Waals surface area (Å²) >= 11 is 6.72. The molecule has 0 bridgehead atoms. The van der Waals surface area contributed by atoms with E-state index in [2.05, 4.69) is 42.0 Å². The number of hydrogen-bond acceptors (Lipinski definition) is 3. The smallest absolute Gasteiger partial charge is 0.138 e. The summed E-state index contributed by atoms with van der Waals surface area (Å²) < 4.78 is 6.11. The molecular formula is C10H8Br2N2O. The lowest BCUT2D eigenvalue weighted by atomic mass is 10.2. The highest BCUT2D eigenvalue weighted by atomic mass is 79.9. The van der Waals surface area contributed by atoms with Crippen molar-refractivity contribution in [2.45, 2.75) is 6.42 Å². The summed E-state index contributed by atoms with van der Waals surface area (Å²) in [4.78, 5) is 4.08. The molecule has 0 saturated heterocycles. The van der Waals surface area contributed by atoms with Gasteiger partial charge in [-0.3, -0.25) is 4.98 Å². The van der Waals surface area contributed by atoms with Gasteiger partial charge in [0.05, 0.1) is 0 Å². The molecule has 0 saturated carbocycles. The van der Waals surface area contributed by atoms with Gasteiger partial charge in [-0.05, 0) is 22.0 Å². The third-order valence-electron chi connectivity index (χ3n) is 1.90. The van der Waals surface area contributed by atoms with Crippen molar-refractivity contribution in [3.05, 3.63) is 34.8 Å². The highest BCUT2D eigenvalue weighted by Crippen LogP contribution is 2.21. The summed E-state index contributed by atoms with van der Waals surface area (Å²) in [6.45, 7) is 0. The highest BCUT2D eigenvalue weighted by Gasteiger charge is 2.06. The Morgan fingerprint density at radius 1 is 1.27 bits per heavy atom. The molecule has 0 aromatic carbocycles. The Bertz CT molecular complexity index is 456. The lowest BCUT2D eigenvalue weighted by Gasteiger charge is -1.94. The van der Waals surface area contributed by atoms with Crippen LogP contribution in [0.3, 0.4) is 0 Å². The molecule has 2 aromatic rings. The van der Waals surface area contributed by atoms with Crippen molar-refractivity contribution in [1.29, 1.82) is 0 Å². The molecule has 0 N–H and O–H groups in total. The van der Waals surface area contributed by atoms with Gasteiger partial charge in [0.2, 0.25) is 0 Å². The van der Waals surface area contributed by atoms with Gasteiger partial charge in [0.1, 0.15) is 11.5 Å². The average Bonchev–Trinajstić information content (AvgIpc) is 2.67. The standard InChI is InChI=1S/C10H8Br2N2O/c11-2-1-9-4-10(14-15-9)7-3-8(12)6-13-5-7/h3-6H,1-2H2. The molecule has 0 amide bonds. The lowest BCUT2D eigenvalue weighted by Crippen LogP contribution is -1.80. The summed E-state index contributed by atoms with van der Waals surface area (Å²) in [6.07, 6.45) is 4.35. The minimum Gasteiger partial charge on any atom is -0.361 e. The van der Waals surface area contributed by atoms with Gasteiger partial charge in [0, 0.05) is 40.2 Å². The fourth-order valence-corrected chi connectivity index (χ4v) is 1.97. The number of rotatable bonds is 3. The van der Waals surface area contributed by atoms with Gasteiger partial charge in [0.15, 0.2) is 0 Å². The Kier molecular flexibility index (Phi) is 3.53. The van der Waals surface area contributed by atoms with Crippen LogP contribution in [0.2, 0.25) is 0 Å². The van der Waals surface area contributed by atoms with E-state index in [0.29, 0.717) is 0 Å². The van der Waals surface area contributed by atoms with Crippen LogP contribution in [0, 0.1) is 0 Å². The summed E-state index contributed by atoms with van der Waals surface area (Å²) in [5.41, 5.74) is 1.77. The second-order valence-electron chi connectivity index (χ2n) is 3.01. The minimum absolute atomic E-state index is 0.819. The third kappa shape index (κ3) is 2.66. The summed E-state index contributed by atoms with van der Waals surface area (Å²) in [7, 11) is 0. The van der Waals surface area contributed by atoms with E-state index in [1.165, 1.54) is 0 Å². The quantitative estimate of drug-likeness (QED) is 0.809. The van der Waals surface area contributed by atoms with Crippen molar-refractivity contribution in [1.82, 2.24) is 10.1 Å². The van der Waals surface area contributed by atoms with Gasteiger partial charge in [0.25, 0.3) is 0 Å². The first-order valence-corrected chi connectivity index (χ1v) is 6.33. The summed E-state index contributed by atoms with van der Waals surface area (Å²) in [5, 5.41) is 4.86. The van der Waals surface area contributed by atoms with Crippen LogP contribution in [-0.2, 0) is 6.42 Å². The molecule has 2 rings (SSSR count). The predicted molar refractivity (Wildman–Crippen MR) is 64.9 cm³/mol. The molecule has 0 aliphatic carbocycles. The second kappa shape index (κ2) is 4.90. The third-order valence-corrected chi connectivity index (χ3v) is 2.73. The van der Waals surface area contributed by atoms with Crippen LogP contribution >= 0.6 is 31.9 Å². The van der Waals surface area contributed by atoms with Crippen molar-refractivity contribution < 1.29 is 4.52 Å². The monoisotopic (exact) mass is 330 g/mol. The van der Waals surface area contributed by atoms with Crippen LogP contribution in [0.5, 0.6) is 0 Å². The van der Waals surface area contributed by atoms with Crippen molar-refractivity contribution in [3.63, 3.8) is 0 Å². The van der Waals surface area contributed by atoms with Gasteiger partial charge in [-0.25, -0.2) is 0 Å².